The Labute approximate surface area is 170 Å². The highest BCUT2D eigenvalue weighted by atomic mass is 79.9. The Morgan fingerprint density at radius 3 is 2.07 bits per heavy atom. The summed E-state index contributed by atoms with van der Waals surface area (Å²) in [6.07, 6.45) is 0. The van der Waals surface area contributed by atoms with E-state index in [1.54, 1.807) is 0 Å². The number of furan rings is 1. The minimum absolute atomic E-state index is 0.934. The summed E-state index contributed by atoms with van der Waals surface area (Å²) >= 11 is 3.55. The highest BCUT2D eigenvalue weighted by Gasteiger charge is 2.16. The van der Waals surface area contributed by atoms with Crippen molar-refractivity contribution in [3.8, 4) is 11.1 Å². The van der Waals surface area contributed by atoms with Crippen LogP contribution in [0.4, 0.5) is 0 Å². The molecule has 132 valence electrons. The van der Waals surface area contributed by atoms with Crippen LogP contribution in [0.2, 0.25) is 0 Å². The van der Waals surface area contributed by atoms with Gasteiger partial charge in [0, 0.05) is 20.6 Å². The first-order valence-electron chi connectivity index (χ1n) is 9.31. The van der Waals surface area contributed by atoms with Crippen molar-refractivity contribution < 1.29 is 4.42 Å². The number of hydrogen-bond donors (Lipinski definition) is 0. The summed E-state index contributed by atoms with van der Waals surface area (Å²) in [6, 6.07) is 32.1. The number of halogens is 1. The second kappa shape index (κ2) is 5.95. The van der Waals surface area contributed by atoms with E-state index in [0.717, 1.165) is 26.4 Å². The Bertz CT molecular complexity index is 1510. The summed E-state index contributed by atoms with van der Waals surface area (Å²) in [4.78, 5) is 0. The highest BCUT2D eigenvalue weighted by molar-refractivity contribution is 9.10. The zero-order valence-electron chi connectivity index (χ0n) is 14.9. The summed E-state index contributed by atoms with van der Waals surface area (Å²) in [6.45, 7) is 0. The molecule has 0 saturated heterocycles. The van der Waals surface area contributed by atoms with E-state index in [4.69, 9.17) is 4.42 Å². The molecule has 0 saturated carbocycles. The third-order valence-electron chi connectivity index (χ3n) is 5.49. The molecule has 0 N–H and O–H groups in total. The Balaban J connectivity index is 1.84. The molecule has 1 aromatic heterocycles. The minimum Gasteiger partial charge on any atom is -0.455 e. The normalized spacial score (nSPS) is 11.8. The van der Waals surface area contributed by atoms with Crippen molar-refractivity contribution in [2.45, 2.75) is 0 Å². The van der Waals surface area contributed by atoms with Gasteiger partial charge in [0.1, 0.15) is 11.2 Å². The van der Waals surface area contributed by atoms with Crippen LogP contribution in [0.25, 0.3) is 54.6 Å². The van der Waals surface area contributed by atoms with Crippen LogP contribution < -0.4 is 0 Å². The van der Waals surface area contributed by atoms with Crippen molar-refractivity contribution in [2.24, 2.45) is 0 Å². The summed E-state index contributed by atoms with van der Waals surface area (Å²) in [7, 11) is 0. The van der Waals surface area contributed by atoms with Crippen molar-refractivity contribution >= 4 is 59.4 Å². The highest BCUT2D eigenvalue weighted by Crippen LogP contribution is 2.42. The van der Waals surface area contributed by atoms with E-state index in [0.29, 0.717) is 0 Å². The molecule has 0 radical (unpaired) electrons. The fraction of sp³-hybridized carbons (Fsp3) is 0. The molecule has 1 nitrogen and oxygen atoms in total. The van der Waals surface area contributed by atoms with Crippen LogP contribution in [0.15, 0.2) is 99.9 Å². The lowest BCUT2D eigenvalue weighted by molar-refractivity contribution is 0.673. The van der Waals surface area contributed by atoms with Gasteiger partial charge in [-0.2, -0.15) is 0 Å². The van der Waals surface area contributed by atoms with Gasteiger partial charge in [-0.15, -0.1) is 0 Å². The maximum atomic E-state index is 6.45. The van der Waals surface area contributed by atoms with E-state index < -0.39 is 0 Å². The standard InChI is InChI=1S/C26H15BrO/c27-20-11-9-16(10-12-20)22-14-19-7-3-4-8-21(19)26-25(22)23-13-17-5-1-2-6-18(17)15-24(23)28-26/h1-15H. The fourth-order valence-corrected chi connectivity index (χ4v) is 4.42. The van der Waals surface area contributed by atoms with Gasteiger partial charge in [-0.25, -0.2) is 0 Å². The van der Waals surface area contributed by atoms with Gasteiger partial charge in [0.15, 0.2) is 0 Å². The van der Waals surface area contributed by atoms with E-state index in [2.05, 4.69) is 107 Å². The summed E-state index contributed by atoms with van der Waals surface area (Å²) in [5.74, 6) is 0. The van der Waals surface area contributed by atoms with Crippen LogP contribution in [0, 0.1) is 0 Å². The SMILES string of the molecule is Brc1ccc(-c2cc3ccccc3c3oc4cc5ccccc5cc4c23)cc1. The quantitative estimate of drug-likeness (QED) is 0.259. The molecule has 0 spiro atoms. The van der Waals surface area contributed by atoms with Crippen LogP contribution in [0.5, 0.6) is 0 Å². The first kappa shape index (κ1) is 15.9. The van der Waals surface area contributed by atoms with Crippen molar-refractivity contribution in [2.75, 3.05) is 0 Å². The van der Waals surface area contributed by atoms with Gasteiger partial charge in [-0.05, 0) is 57.6 Å². The lowest BCUT2D eigenvalue weighted by atomic mass is 9.95. The third-order valence-corrected chi connectivity index (χ3v) is 6.01. The van der Waals surface area contributed by atoms with Crippen molar-refractivity contribution in [3.63, 3.8) is 0 Å². The molecule has 0 aliphatic rings. The molecule has 0 unspecified atom stereocenters. The molecular formula is C26H15BrO. The van der Waals surface area contributed by atoms with Gasteiger partial charge in [0.2, 0.25) is 0 Å². The predicted octanol–water partition coefficient (Wildman–Crippen LogP) is 8.32. The molecule has 0 fully saturated rings. The first-order chi connectivity index (χ1) is 13.8. The maximum Gasteiger partial charge on any atom is 0.143 e. The van der Waals surface area contributed by atoms with Crippen LogP contribution in [-0.2, 0) is 0 Å². The Kier molecular flexibility index (Phi) is 3.38. The molecule has 0 bridgehead atoms. The second-order valence-electron chi connectivity index (χ2n) is 7.15. The summed E-state index contributed by atoms with van der Waals surface area (Å²) in [5.41, 5.74) is 4.29. The van der Waals surface area contributed by atoms with Gasteiger partial charge in [0.05, 0.1) is 0 Å². The van der Waals surface area contributed by atoms with E-state index in [1.165, 1.54) is 32.7 Å². The van der Waals surface area contributed by atoms with E-state index in [9.17, 15) is 0 Å². The van der Waals surface area contributed by atoms with E-state index in [-0.39, 0.29) is 0 Å². The van der Waals surface area contributed by atoms with Crippen molar-refractivity contribution in [1.82, 2.24) is 0 Å². The summed E-state index contributed by atoms with van der Waals surface area (Å²) < 4.78 is 7.53. The Hall–Kier alpha value is -3.10. The smallest absolute Gasteiger partial charge is 0.143 e. The number of rotatable bonds is 1. The van der Waals surface area contributed by atoms with Gasteiger partial charge in [-0.1, -0.05) is 76.6 Å². The molecule has 6 rings (SSSR count). The average molecular weight is 423 g/mol. The molecule has 6 aromatic rings. The van der Waals surface area contributed by atoms with Crippen LogP contribution in [0.3, 0.4) is 0 Å². The number of hydrogen-bond acceptors (Lipinski definition) is 1. The molecule has 0 aliphatic heterocycles. The lowest BCUT2D eigenvalue weighted by Gasteiger charge is -2.08. The van der Waals surface area contributed by atoms with Crippen LogP contribution >= 0.6 is 15.9 Å². The maximum absolute atomic E-state index is 6.45. The molecule has 2 heteroatoms. The average Bonchev–Trinajstić information content (AvgIpc) is 3.11. The van der Waals surface area contributed by atoms with Crippen molar-refractivity contribution in [3.05, 3.63) is 95.5 Å². The van der Waals surface area contributed by atoms with Gasteiger partial charge in [-0.3, -0.25) is 0 Å². The molecule has 5 aromatic carbocycles. The third kappa shape index (κ3) is 2.31. The lowest BCUT2D eigenvalue weighted by Crippen LogP contribution is -1.82. The molecule has 28 heavy (non-hydrogen) atoms. The van der Waals surface area contributed by atoms with E-state index >= 15 is 0 Å². The van der Waals surface area contributed by atoms with E-state index in [1.807, 2.05) is 0 Å². The topological polar surface area (TPSA) is 13.1 Å². The minimum atomic E-state index is 0.934. The second-order valence-corrected chi connectivity index (χ2v) is 8.07. The first-order valence-corrected chi connectivity index (χ1v) is 10.1. The monoisotopic (exact) mass is 422 g/mol. The number of benzene rings is 5. The van der Waals surface area contributed by atoms with Gasteiger partial charge >= 0.3 is 0 Å². The fourth-order valence-electron chi connectivity index (χ4n) is 4.15. The van der Waals surface area contributed by atoms with Crippen LogP contribution in [0.1, 0.15) is 0 Å². The predicted molar refractivity (Wildman–Crippen MR) is 122 cm³/mol. The molecule has 0 atom stereocenters. The van der Waals surface area contributed by atoms with Gasteiger partial charge < -0.3 is 4.42 Å². The molecular weight excluding hydrogens is 408 g/mol. The Morgan fingerprint density at radius 2 is 1.29 bits per heavy atom. The van der Waals surface area contributed by atoms with Crippen molar-refractivity contribution in [1.29, 1.82) is 0 Å². The number of fused-ring (bicyclic) bond motifs is 6. The largest absolute Gasteiger partial charge is 0.455 e. The molecule has 1 heterocycles. The zero-order valence-corrected chi connectivity index (χ0v) is 16.5. The van der Waals surface area contributed by atoms with Gasteiger partial charge in [0.25, 0.3) is 0 Å². The summed E-state index contributed by atoms with van der Waals surface area (Å²) in [5, 5.41) is 7.12. The Morgan fingerprint density at radius 1 is 0.607 bits per heavy atom. The zero-order chi connectivity index (χ0) is 18.7. The molecule has 0 amide bonds. The van der Waals surface area contributed by atoms with Crippen LogP contribution in [-0.4, -0.2) is 0 Å². The molecule has 0 aliphatic carbocycles.